The number of aliphatic hydroxyl groups excluding tert-OH is 1. The summed E-state index contributed by atoms with van der Waals surface area (Å²) < 4.78 is 28.5. The summed E-state index contributed by atoms with van der Waals surface area (Å²) in [6.45, 7) is 4.22. The standard InChI is InChI=1S/C24H27FN4O4S.2ClH/c25-16-1-2-21-23-22(16)14(3-6-29(23)24(31)34-21)12-28-5-4-17(18(30)13-28)27-10-15-9-19-20(11-26-15)33-8-7-32-19;;/h1-2,9,11,14,17-18,27,30H,3-8,10,12-13H2;2*1H/t14?,17-,18+;;/m0../s1. The molecule has 0 radical (unpaired) electrons. The zero-order chi connectivity index (χ0) is 23.2. The fourth-order valence-corrected chi connectivity index (χ4v) is 6.34. The third kappa shape index (κ3) is 5.07. The van der Waals surface area contributed by atoms with Crippen molar-refractivity contribution in [2.45, 2.75) is 44.0 Å². The van der Waals surface area contributed by atoms with E-state index in [1.807, 2.05) is 6.07 Å². The van der Waals surface area contributed by atoms with E-state index in [2.05, 4.69) is 15.2 Å². The van der Waals surface area contributed by atoms with Crippen LogP contribution in [0, 0.1) is 5.82 Å². The van der Waals surface area contributed by atoms with Crippen molar-refractivity contribution in [2.24, 2.45) is 0 Å². The molecule has 0 aliphatic carbocycles. The molecular weight excluding hydrogens is 530 g/mol. The van der Waals surface area contributed by atoms with E-state index in [1.165, 1.54) is 17.4 Å². The van der Waals surface area contributed by atoms with Crippen LogP contribution in [0.3, 0.4) is 0 Å². The number of halogens is 3. The SMILES string of the molecule is Cl.Cl.O=c1sc2ccc(F)c3c2n1CCC3CN1CC[C@H](NCc2cc3c(cn2)OCCO3)[C@H](O)C1. The highest BCUT2D eigenvalue weighted by Gasteiger charge is 2.32. The molecule has 0 spiro atoms. The number of pyridine rings is 1. The van der Waals surface area contributed by atoms with Crippen LogP contribution in [0.2, 0.25) is 0 Å². The smallest absolute Gasteiger partial charge is 0.308 e. The molecule has 196 valence electrons. The van der Waals surface area contributed by atoms with Gasteiger partial charge in [-0.15, -0.1) is 24.8 Å². The Kier molecular flexibility index (Phi) is 8.43. The van der Waals surface area contributed by atoms with E-state index >= 15 is 0 Å². The van der Waals surface area contributed by atoms with Crippen molar-refractivity contribution in [1.82, 2.24) is 19.8 Å². The van der Waals surface area contributed by atoms with E-state index in [4.69, 9.17) is 9.47 Å². The Morgan fingerprint density at radius 2 is 1.97 bits per heavy atom. The lowest BCUT2D eigenvalue weighted by Crippen LogP contribution is -2.53. The van der Waals surface area contributed by atoms with Crippen molar-refractivity contribution in [3.63, 3.8) is 0 Å². The van der Waals surface area contributed by atoms with Crippen molar-refractivity contribution in [3.8, 4) is 11.5 Å². The van der Waals surface area contributed by atoms with Crippen LogP contribution < -0.4 is 19.7 Å². The molecular formula is C24H29Cl2FN4O4S. The maximum atomic E-state index is 14.8. The quantitative estimate of drug-likeness (QED) is 0.497. The third-order valence-electron chi connectivity index (χ3n) is 7.10. The number of rotatable bonds is 5. The molecule has 1 unspecified atom stereocenters. The van der Waals surface area contributed by atoms with Crippen LogP contribution in [0.5, 0.6) is 11.5 Å². The minimum atomic E-state index is -0.533. The zero-order valence-electron chi connectivity index (χ0n) is 19.5. The van der Waals surface area contributed by atoms with E-state index < -0.39 is 6.10 Å². The molecule has 0 saturated carbocycles. The average molecular weight is 559 g/mol. The van der Waals surface area contributed by atoms with Crippen molar-refractivity contribution < 1.29 is 19.0 Å². The highest BCUT2D eigenvalue weighted by Crippen LogP contribution is 2.37. The molecule has 0 bridgehead atoms. The van der Waals surface area contributed by atoms with E-state index in [-0.39, 0.29) is 47.5 Å². The lowest BCUT2D eigenvalue weighted by molar-refractivity contribution is 0.0363. The van der Waals surface area contributed by atoms with Gasteiger partial charge in [-0.3, -0.25) is 14.3 Å². The Balaban J connectivity index is 0.00000152. The summed E-state index contributed by atoms with van der Waals surface area (Å²) in [5.41, 5.74) is 2.25. The van der Waals surface area contributed by atoms with Gasteiger partial charge in [0.05, 0.1) is 28.2 Å². The number of likely N-dealkylation sites (tertiary alicyclic amines) is 1. The molecule has 3 aliphatic heterocycles. The van der Waals surface area contributed by atoms with Crippen LogP contribution in [0.15, 0.2) is 29.2 Å². The highest BCUT2D eigenvalue weighted by molar-refractivity contribution is 7.16. The molecule has 0 amide bonds. The number of aliphatic hydroxyl groups is 1. The normalized spacial score (nSPS) is 23.1. The molecule has 1 aromatic carbocycles. The van der Waals surface area contributed by atoms with Gasteiger partial charge in [0.1, 0.15) is 19.0 Å². The first-order valence-corrected chi connectivity index (χ1v) is 12.6. The Hall–Kier alpha value is -1.95. The van der Waals surface area contributed by atoms with Crippen LogP contribution in [0.25, 0.3) is 10.2 Å². The summed E-state index contributed by atoms with van der Waals surface area (Å²) in [5.74, 6) is 1.14. The fourth-order valence-electron chi connectivity index (χ4n) is 5.40. The van der Waals surface area contributed by atoms with Crippen LogP contribution in [0.1, 0.15) is 30.0 Å². The summed E-state index contributed by atoms with van der Waals surface area (Å²) in [7, 11) is 0. The first-order valence-electron chi connectivity index (χ1n) is 11.8. The number of aryl methyl sites for hydroxylation is 1. The van der Waals surface area contributed by atoms with E-state index in [1.54, 1.807) is 16.8 Å². The Morgan fingerprint density at radius 3 is 2.78 bits per heavy atom. The predicted molar refractivity (Wildman–Crippen MR) is 141 cm³/mol. The van der Waals surface area contributed by atoms with Gasteiger partial charge in [0.25, 0.3) is 0 Å². The maximum absolute atomic E-state index is 14.8. The number of hydrogen-bond donors (Lipinski definition) is 2. The number of benzene rings is 1. The maximum Gasteiger partial charge on any atom is 0.308 e. The van der Waals surface area contributed by atoms with Gasteiger partial charge in [0.15, 0.2) is 11.5 Å². The van der Waals surface area contributed by atoms with Gasteiger partial charge in [0.2, 0.25) is 0 Å². The van der Waals surface area contributed by atoms with E-state index in [0.717, 1.165) is 35.3 Å². The second-order valence-electron chi connectivity index (χ2n) is 9.24. The van der Waals surface area contributed by atoms with Gasteiger partial charge in [-0.25, -0.2) is 4.39 Å². The summed E-state index contributed by atoms with van der Waals surface area (Å²) >= 11 is 1.19. The van der Waals surface area contributed by atoms with Gasteiger partial charge >= 0.3 is 4.87 Å². The molecule has 3 aliphatic rings. The highest BCUT2D eigenvalue weighted by atomic mass is 35.5. The number of aromatic nitrogens is 2. The summed E-state index contributed by atoms with van der Waals surface area (Å²) in [4.78, 5) is 18.9. The molecule has 5 heterocycles. The number of piperidine rings is 1. The molecule has 1 saturated heterocycles. The van der Waals surface area contributed by atoms with Crippen molar-refractivity contribution >= 4 is 46.4 Å². The minimum absolute atomic E-state index is 0. The topological polar surface area (TPSA) is 88.9 Å². The number of fused-ring (bicyclic) bond motifs is 1. The number of hydrogen-bond acceptors (Lipinski definition) is 8. The summed E-state index contributed by atoms with van der Waals surface area (Å²) in [5, 5.41) is 14.2. The third-order valence-corrected chi connectivity index (χ3v) is 8.04. The summed E-state index contributed by atoms with van der Waals surface area (Å²) in [6, 6.07) is 5.02. The van der Waals surface area contributed by atoms with Gasteiger partial charge < -0.3 is 24.8 Å². The van der Waals surface area contributed by atoms with Crippen LogP contribution in [-0.4, -0.2) is 64.6 Å². The van der Waals surface area contributed by atoms with Gasteiger partial charge in [0, 0.05) is 49.8 Å². The minimum Gasteiger partial charge on any atom is -0.486 e. The fraction of sp³-hybridized carbons (Fsp3) is 0.500. The van der Waals surface area contributed by atoms with Crippen LogP contribution in [0.4, 0.5) is 4.39 Å². The molecule has 1 fully saturated rings. The number of nitrogens with zero attached hydrogens (tertiary/aromatic N) is 3. The zero-order valence-corrected chi connectivity index (χ0v) is 22.0. The van der Waals surface area contributed by atoms with Crippen LogP contribution in [-0.2, 0) is 13.1 Å². The summed E-state index contributed by atoms with van der Waals surface area (Å²) in [6.07, 6.45) is 2.66. The predicted octanol–water partition coefficient (Wildman–Crippen LogP) is 2.92. The largest absolute Gasteiger partial charge is 0.486 e. The van der Waals surface area contributed by atoms with Gasteiger partial charge in [-0.1, -0.05) is 11.3 Å². The molecule has 36 heavy (non-hydrogen) atoms. The first kappa shape index (κ1) is 27.1. The van der Waals surface area contributed by atoms with E-state index in [9.17, 15) is 14.3 Å². The Bertz CT molecular complexity index is 1290. The molecule has 12 heteroatoms. The second-order valence-corrected chi connectivity index (χ2v) is 10.2. The Labute approximate surface area is 224 Å². The molecule has 6 rings (SSSR count). The van der Waals surface area contributed by atoms with Crippen molar-refractivity contribution in [3.05, 3.63) is 51.1 Å². The lowest BCUT2D eigenvalue weighted by atomic mass is 9.89. The van der Waals surface area contributed by atoms with E-state index in [0.29, 0.717) is 56.5 Å². The Morgan fingerprint density at radius 1 is 1.17 bits per heavy atom. The molecule has 2 N–H and O–H groups in total. The number of ether oxygens (including phenoxy) is 2. The molecule has 8 nitrogen and oxygen atoms in total. The first-order chi connectivity index (χ1) is 16.6. The number of thiazole rings is 1. The van der Waals surface area contributed by atoms with Crippen molar-refractivity contribution in [2.75, 3.05) is 32.8 Å². The molecule has 3 atom stereocenters. The monoisotopic (exact) mass is 558 g/mol. The molecule has 3 aromatic rings. The van der Waals surface area contributed by atoms with Gasteiger partial charge in [-0.05, 0) is 31.5 Å². The van der Waals surface area contributed by atoms with Crippen LogP contribution >= 0.6 is 36.2 Å². The number of nitrogens with one attached hydrogen (secondary N) is 1. The second kappa shape index (κ2) is 11.2. The molecule has 2 aromatic heterocycles. The van der Waals surface area contributed by atoms with Gasteiger partial charge in [-0.2, -0.15) is 0 Å². The van der Waals surface area contributed by atoms with Crippen molar-refractivity contribution in [1.29, 1.82) is 0 Å². The lowest BCUT2D eigenvalue weighted by Gasteiger charge is -2.38. The average Bonchev–Trinajstić information content (AvgIpc) is 3.17. The number of β-amino-alcohol motifs (C(OH)–C–C–N with tert-alkyl or cyclic N) is 1.